The highest BCUT2D eigenvalue weighted by Gasteiger charge is 2.52. The molecule has 2 N–H and O–H groups in total. The average molecular weight is 331 g/mol. The zero-order valence-corrected chi connectivity index (χ0v) is 14.1. The average Bonchev–Trinajstić information content (AvgIpc) is 2.53. The van der Waals surface area contributed by atoms with Crippen LogP contribution in [0.25, 0.3) is 0 Å². The smallest absolute Gasteiger partial charge is 0.263 e. The molecule has 24 heavy (non-hydrogen) atoms. The molecule has 0 saturated heterocycles. The lowest BCUT2D eigenvalue weighted by Crippen LogP contribution is -2.50. The Balaban J connectivity index is 1.63. The predicted octanol–water partition coefficient (Wildman–Crippen LogP) is 1.30. The Hall–Kier alpha value is -1.69. The van der Waals surface area contributed by atoms with E-state index in [2.05, 4.69) is 9.97 Å². The van der Waals surface area contributed by atoms with Crippen molar-refractivity contribution >= 4 is 5.91 Å². The van der Waals surface area contributed by atoms with Gasteiger partial charge in [-0.2, -0.15) is 0 Å². The fourth-order valence-corrected chi connectivity index (χ4v) is 5.67. The summed E-state index contributed by atoms with van der Waals surface area (Å²) in [5.74, 6) is 2.72. The summed E-state index contributed by atoms with van der Waals surface area (Å²) in [6.45, 7) is 0.0773. The van der Waals surface area contributed by atoms with E-state index in [4.69, 9.17) is 5.11 Å². The number of nitrogens with zero attached hydrogens (tertiary/aromatic N) is 2. The van der Waals surface area contributed by atoms with Gasteiger partial charge in [-0.15, -0.1) is 0 Å². The van der Waals surface area contributed by atoms with E-state index in [1.165, 1.54) is 30.4 Å². The first-order chi connectivity index (χ1) is 11.5. The molecule has 0 spiro atoms. The summed E-state index contributed by atoms with van der Waals surface area (Å²) >= 11 is 0. The number of amides is 1. The molecular weight excluding hydrogens is 306 g/mol. The van der Waals surface area contributed by atoms with Crippen molar-refractivity contribution in [1.82, 2.24) is 14.9 Å². The molecule has 0 unspecified atom stereocenters. The van der Waals surface area contributed by atoms with E-state index in [1.54, 1.807) is 7.05 Å². The van der Waals surface area contributed by atoms with Gasteiger partial charge >= 0.3 is 0 Å². The molecule has 4 saturated carbocycles. The van der Waals surface area contributed by atoms with E-state index < -0.39 is 5.91 Å². The molecule has 0 aromatic carbocycles. The van der Waals surface area contributed by atoms with Crippen LogP contribution < -0.4 is 5.56 Å². The molecule has 4 bridgehead atoms. The predicted molar refractivity (Wildman–Crippen MR) is 88.8 cm³/mol. The van der Waals surface area contributed by atoms with Crippen molar-refractivity contribution in [1.29, 1.82) is 0 Å². The number of aromatic amines is 1. The van der Waals surface area contributed by atoms with Crippen LogP contribution in [-0.2, 0) is 5.41 Å². The third kappa shape index (κ3) is 2.48. The summed E-state index contributed by atoms with van der Waals surface area (Å²) in [7, 11) is 1.57. The van der Waals surface area contributed by atoms with E-state index in [1.807, 2.05) is 0 Å². The monoisotopic (exact) mass is 331 g/mol. The fraction of sp³-hybridized carbons (Fsp3) is 0.722. The van der Waals surface area contributed by atoms with Gasteiger partial charge in [-0.25, -0.2) is 4.98 Å². The van der Waals surface area contributed by atoms with Crippen LogP contribution in [0, 0.1) is 17.8 Å². The van der Waals surface area contributed by atoms with Gasteiger partial charge in [-0.3, -0.25) is 9.59 Å². The van der Waals surface area contributed by atoms with Crippen LogP contribution >= 0.6 is 0 Å². The van der Waals surface area contributed by atoms with Crippen molar-refractivity contribution in [2.75, 3.05) is 20.2 Å². The quantitative estimate of drug-likeness (QED) is 0.871. The molecule has 0 aliphatic heterocycles. The standard InChI is InChI=1S/C18H25N3O3/c1-21(2-3-22)16(24)14-10-19-17(20-15(14)23)18-7-11-4-12(8-18)6-13(5-11)9-18/h10-13,22H,2-9H2,1H3,(H,19,20,23). The number of carbonyl (C=O) groups is 1. The Kier molecular flexibility index (Phi) is 3.75. The first-order valence-corrected chi connectivity index (χ1v) is 8.97. The van der Waals surface area contributed by atoms with Crippen molar-refractivity contribution in [2.24, 2.45) is 17.8 Å². The molecule has 0 atom stereocenters. The minimum absolute atomic E-state index is 0.0203. The highest BCUT2D eigenvalue weighted by molar-refractivity contribution is 5.93. The topological polar surface area (TPSA) is 86.3 Å². The first kappa shape index (κ1) is 15.8. The maximum Gasteiger partial charge on any atom is 0.263 e. The van der Waals surface area contributed by atoms with Crippen molar-refractivity contribution in [2.45, 2.75) is 43.9 Å². The van der Waals surface area contributed by atoms with Gasteiger partial charge in [0.05, 0.1) is 6.61 Å². The number of hydrogen-bond acceptors (Lipinski definition) is 4. The van der Waals surface area contributed by atoms with Crippen molar-refractivity contribution < 1.29 is 9.90 Å². The van der Waals surface area contributed by atoms with Crippen LogP contribution in [0.1, 0.15) is 54.7 Å². The molecule has 1 aromatic heterocycles. The number of aliphatic hydroxyl groups is 1. The van der Waals surface area contributed by atoms with E-state index in [0.717, 1.165) is 42.8 Å². The number of likely N-dealkylation sites (N-methyl/N-ethyl adjacent to an activating group) is 1. The van der Waals surface area contributed by atoms with E-state index >= 15 is 0 Å². The van der Waals surface area contributed by atoms with Crippen LogP contribution in [0.2, 0.25) is 0 Å². The van der Waals surface area contributed by atoms with Crippen LogP contribution in [0.4, 0.5) is 0 Å². The Morgan fingerprint density at radius 3 is 2.38 bits per heavy atom. The molecule has 1 amide bonds. The minimum atomic E-state index is -0.394. The highest BCUT2D eigenvalue weighted by Crippen LogP contribution is 2.59. The molecule has 6 heteroatoms. The van der Waals surface area contributed by atoms with Gasteiger partial charge < -0.3 is 15.0 Å². The summed E-state index contributed by atoms with van der Waals surface area (Å²) < 4.78 is 0. The molecule has 1 aromatic rings. The SMILES string of the molecule is CN(CCO)C(=O)c1cnc(C23CC4CC(CC(C4)C2)C3)[nH]c1=O. The third-order valence-corrected chi connectivity index (χ3v) is 6.35. The van der Waals surface area contributed by atoms with Crippen molar-refractivity contribution in [3.8, 4) is 0 Å². The van der Waals surface area contributed by atoms with E-state index in [0.29, 0.717) is 0 Å². The highest BCUT2D eigenvalue weighted by atomic mass is 16.3. The second-order valence-corrected chi connectivity index (χ2v) is 8.12. The summed E-state index contributed by atoms with van der Waals surface area (Å²) in [5.41, 5.74) is -0.281. The van der Waals surface area contributed by atoms with Crippen LogP contribution in [0.5, 0.6) is 0 Å². The third-order valence-electron chi connectivity index (χ3n) is 6.35. The maximum atomic E-state index is 12.5. The normalized spacial score (nSPS) is 33.7. The lowest BCUT2D eigenvalue weighted by atomic mass is 9.49. The van der Waals surface area contributed by atoms with Crippen LogP contribution in [-0.4, -0.2) is 46.1 Å². The van der Waals surface area contributed by atoms with Gasteiger partial charge in [0.15, 0.2) is 0 Å². The molecule has 130 valence electrons. The van der Waals surface area contributed by atoms with Crippen molar-refractivity contribution in [3.63, 3.8) is 0 Å². The number of nitrogens with one attached hydrogen (secondary N) is 1. The molecule has 5 rings (SSSR count). The number of rotatable bonds is 4. The van der Waals surface area contributed by atoms with E-state index in [-0.39, 0.29) is 29.7 Å². The number of hydrogen-bond donors (Lipinski definition) is 2. The maximum absolute atomic E-state index is 12.5. The van der Waals surface area contributed by atoms with Gasteiger partial charge in [-0.05, 0) is 56.3 Å². The molecule has 1 heterocycles. The Bertz CT molecular complexity index is 676. The minimum Gasteiger partial charge on any atom is -0.395 e. The van der Waals surface area contributed by atoms with Crippen LogP contribution in [0.3, 0.4) is 0 Å². The molecular formula is C18H25N3O3. The lowest BCUT2D eigenvalue weighted by Gasteiger charge is -2.56. The van der Waals surface area contributed by atoms with Gasteiger partial charge in [0.1, 0.15) is 11.4 Å². The molecule has 4 aliphatic carbocycles. The van der Waals surface area contributed by atoms with Crippen molar-refractivity contribution in [3.05, 3.63) is 27.9 Å². The zero-order chi connectivity index (χ0) is 16.9. The number of aliphatic hydroxyl groups excluding tert-OH is 1. The van der Waals surface area contributed by atoms with Crippen LogP contribution in [0.15, 0.2) is 11.0 Å². The second-order valence-electron chi connectivity index (χ2n) is 8.12. The fourth-order valence-electron chi connectivity index (χ4n) is 5.67. The molecule has 4 fully saturated rings. The molecule has 6 nitrogen and oxygen atoms in total. The number of carbonyl (C=O) groups excluding carboxylic acids is 1. The van der Waals surface area contributed by atoms with Gasteiger partial charge in [0.2, 0.25) is 0 Å². The van der Waals surface area contributed by atoms with Gasteiger partial charge in [-0.1, -0.05) is 0 Å². The largest absolute Gasteiger partial charge is 0.395 e. The summed E-state index contributed by atoms with van der Waals surface area (Å²) in [6, 6.07) is 0. The zero-order valence-electron chi connectivity index (χ0n) is 14.1. The Labute approximate surface area is 141 Å². The number of aromatic nitrogens is 2. The Morgan fingerprint density at radius 2 is 1.88 bits per heavy atom. The number of H-pyrrole nitrogens is 1. The molecule has 4 aliphatic rings. The lowest BCUT2D eigenvalue weighted by molar-refractivity contribution is -0.00954. The van der Waals surface area contributed by atoms with E-state index in [9.17, 15) is 9.59 Å². The first-order valence-electron chi connectivity index (χ1n) is 8.97. The summed E-state index contributed by atoms with van der Waals surface area (Å²) in [6.07, 6.45) is 8.83. The summed E-state index contributed by atoms with van der Waals surface area (Å²) in [5, 5.41) is 8.95. The molecule has 0 radical (unpaired) electrons. The second kappa shape index (κ2) is 5.69. The Morgan fingerprint density at radius 1 is 1.29 bits per heavy atom. The summed E-state index contributed by atoms with van der Waals surface area (Å²) in [4.78, 5) is 33.6. The van der Waals surface area contributed by atoms with Gasteiger partial charge in [0.25, 0.3) is 11.5 Å². The van der Waals surface area contributed by atoms with Gasteiger partial charge in [0, 0.05) is 25.2 Å².